The molecule has 3 rings (SSSR count). The first-order valence-corrected chi connectivity index (χ1v) is 5.76. The highest BCUT2D eigenvalue weighted by atomic mass is 35.5. The Kier molecular flexibility index (Phi) is 2.08. The van der Waals surface area contributed by atoms with Crippen molar-refractivity contribution in [2.45, 2.75) is 0 Å². The van der Waals surface area contributed by atoms with E-state index in [4.69, 9.17) is 11.6 Å². The van der Waals surface area contributed by atoms with E-state index in [9.17, 15) is 4.79 Å². The van der Waals surface area contributed by atoms with Gasteiger partial charge in [-0.2, -0.15) is 5.10 Å². The normalized spacial score (nSPS) is 11.1. The van der Waals surface area contributed by atoms with E-state index >= 15 is 0 Å². The van der Waals surface area contributed by atoms with Crippen LogP contribution in [0.4, 0.5) is 0 Å². The van der Waals surface area contributed by atoms with Crippen molar-refractivity contribution in [2.75, 3.05) is 0 Å². The van der Waals surface area contributed by atoms with Gasteiger partial charge in [0.05, 0.1) is 9.21 Å². The average Bonchev–Trinajstić information content (AvgIpc) is 2.83. The van der Waals surface area contributed by atoms with Crippen molar-refractivity contribution in [1.82, 2.24) is 14.6 Å². The highest BCUT2D eigenvalue weighted by Gasteiger charge is 2.08. The molecule has 0 aliphatic carbocycles. The number of halogens is 1. The van der Waals surface area contributed by atoms with E-state index < -0.39 is 0 Å². The van der Waals surface area contributed by atoms with Gasteiger partial charge in [0.15, 0.2) is 11.3 Å². The first-order valence-electron chi connectivity index (χ1n) is 4.56. The van der Waals surface area contributed by atoms with E-state index in [1.807, 2.05) is 16.5 Å². The summed E-state index contributed by atoms with van der Waals surface area (Å²) in [5.74, 6) is 0.756. The molecule has 80 valence electrons. The van der Waals surface area contributed by atoms with E-state index in [2.05, 4.69) is 10.2 Å². The lowest BCUT2D eigenvalue weighted by Gasteiger charge is -1.94. The van der Waals surface area contributed by atoms with Crippen LogP contribution in [0.2, 0.25) is 4.34 Å². The molecule has 16 heavy (non-hydrogen) atoms. The summed E-state index contributed by atoms with van der Waals surface area (Å²) in [5, 5.41) is 6.98. The van der Waals surface area contributed by atoms with Gasteiger partial charge in [0.25, 0.3) is 0 Å². The third kappa shape index (κ3) is 1.45. The maximum absolute atomic E-state index is 11.2. The van der Waals surface area contributed by atoms with Crippen LogP contribution in [0.5, 0.6) is 0 Å². The van der Waals surface area contributed by atoms with Crippen LogP contribution in [0.3, 0.4) is 0 Å². The smallest absolute Gasteiger partial charge is 0.183 e. The molecule has 0 aliphatic heterocycles. The molecule has 1 N–H and O–H groups in total. The summed E-state index contributed by atoms with van der Waals surface area (Å²) in [4.78, 5) is 12.1. The molecule has 0 bridgehead atoms. The van der Waals surface area contributed by atoms with Crippen LogP contribution < -0.4 is 5.43 Å². The van der Waals surface area contributed by atoms with E-state index in [-0.39, 0.29) is 5.43 Å². The number of nitrogens with one attached hydrogen (secondary N) is 1. The zero-order valence-corrected chi connectivity index (χ0v) is 9.55. The molecule has 0 fully saturated rings. The largest absolute Gasteiger partial charge is 0.290 e. The standard InChI is InChI=1S/C10H6ClN3OS/c11-8-2-1-7(16-8)10-13-12-9-5-6(15)3-4-14(9)10/h1-5,12H. The molecule has 0 atom stereocenters. The minimum Gasteiger partial charge on any atom is -0.290 e. The molecule has 0 spiro atoms. The second-order valence-corrected chi connectivity index (χ2v) is 4.98. The van der Waals surface area contributed by atoms with Crippen molar-refractivity contribution >= 4 is 28.6 Å². The summed E-state index contributed by atoms with van der Waals surface area (Å²) < 4.78 is 2.54. The predicted octanol–water partition coefficient (Wildman–Crippen LogP) is 2.40. The lowest BCUT2D eigenvalue weighted by molar-refractivity contribution is 1.12. The van der Waals surface area contributed by atoms with Gasteiger partial charge in [-0.15, -0.1) is 11.3 Å². The molecule has 6 heteroatoms. The molecule has 4 nitrogen and oxygen atoms in total. The van der Waals surface area contributed by atoms with Crippen LogP contribution in [-0.4, -0.2) is 14.6 Å². The summed E-state index contributed by atoms with van der Waals surface area (Å²) in [6.45, 7) is 0. The molecular weight excluding hydrogens is 246 g/mol. The van der Waals surface area contributed by atoms with Gasteiger partial charge in [-0.05, 0) is 12.1 Å². The fraction of sp³-hybridized carbons (Fsp3) is 0. The highest BCUT2D eigenvalue weighted by molar-refractivity contribution is 7.19. The minimum absolute atomic E-state index is 0.0422. The Bertz CT molecular complexity index is 712. The minimum atomic E-state index is -0.0422. The van der Waals surface area contributed by atoms with Gasteiger partial charge in [-0.1, -0.05) is 11.6 Å². The number of fused-ring (bicyclic) bond motifs is 1. The van der Waals surface area contributed by atoms with E-state index in [1.165, 1.54) is 23.5 Å². The zero-order valence-electron chi connectivity index (χ0n) is 7.98. The fourth-order valence-corrected chi connectivity index (χ4v) is 2.55. The molecule has 0 aromatic carbocycles. The Hall–Kier alpha value is -1.59. The van der Waals surface area contributed by atoms with Gasteiger partial charge < -0.3 is 0 Å². The van der Waals surface area contributed by atoms with Crippen molar-refractivity contribution in [2.24, 2.45) is 0 Å². The van der Waals surface area contributed by atoms with Crippen molar-refractivity contribution in [1.29, 1.82) is 0 Å². The van der Waals surface area contributed by atoms with Gasteiger partial charge >= 0.3 is 0 Å². The Labute approximate surface area is 99.1 Å². The monoisotopic (exact) mass is 251 g/mol. The van der Waals surface area contributed by atoms with E-state index in [1.54, 1.807) is 6.20 Å². The Morgan fingerprint density at radius 1 is 1.38 bits per heavy atom. The van der Waals surface area contributed by atoms with Gasteiger partial charge in [-0.25, -0.2) is 0 Å². The van der Waals surface area contributed by atoms with Crippen LogP contribution in [0.1, 0.15) is 0 Å². The third-order valence-electron chi connectivity index (χ3n) is 2.22. The second-order valence-electron chi connectivity index (χ2n) is 3.27. The second kappa shape index (κ2) is 3.47. The molecule has 3 aromatic rings. The summed E-state index contributed by atoms with van der Waals surface area (Å²) >= 11 is 7.32. The van der Waals surface area contributed by atoms with Gasteiger partial charge in [0.2, 0.25) is 0 Å². The molecule has 0 aliphatic rings. The van der Waals surface area contributed by atoms with Crippen molar-refractivity contribution in [3.63, 3.8) is 0 Å². The zero-order chi connectivity index (χ0) is 11.1. The maximum atomic E-state index is 11.2. The number of pyridine rings is 1. The first kappa shape index (κ1) is 9.62. The number of hydrogen-bond donors (Lipinski definition) is 1. The van der Waals surface area contributed by atoms with Crippen LogP contribution in [0.25, 0.3) is 16.3 Å². The topological polar surface area (TPSA) is 50.2 Å². The molecular formula is C10H6ClN3OS. The summed E-state index contributed by atoms with van der Waals surface area (Å²) in [7, 11) is 0. The van der Waals surface area contributed by atoms with Crippen molar-refractivity contribution in [3.8, 4) is 10.7 Å². The van der Waals surface area contributed by atoms with Crippen LogP contribution >= 0.6 is 22.9 Å². The molecule has 0 saturated heterocycles. The van der Waals surface area contributed by atoms with Gasteiger partial charge in [0.1, 0.15) is 5.65 Å². The molecule has 0 amide bonds. The fourth-order valence-electron chi connectivity index (χ4n) is 1.52. The van der Waals surface area contributed by atoms with Crippen LogP contribution in [0.15, 0.2) is 35.3 Å². The highest BCUT2D eigenvalue weighted by Crippen LogP contribution is 2.29. The summed E-state index contributed by atoms with van der Waals surface area (Å²) in [6.07, 6.45) is 1.70. The molecule has 0 unspecified atom stereocenters. The van der Waals surface area contributed by atoms with E-state index in [0.29, 0.717) is 9.98 Å². The summed E-state index contributed by atoms with van der Waals surface area (Å²) in [5.41, 5.74) is 0.631. The molecule has 0 radical (unpaired) electrons. The quantitative estimate of drug-likeness (QED) is 0.722. The average molecular weight is 252 g/mol. The first-order chi connectivity index (χ1) is 7.74. The Morgan fingerprint density at radius 3 is 3.00 bits per heavy atom. The third-order valence-corrected chi connectivity index (χ3v) is 3.45. The number of H-pyrrole nitrogens is 1. The maximum Gasteiger partial charge on any atom is 0.183 e. The van der Waals surface area contributed by atoms with Gasteiger partial charge in [0, 0.05) is 18.3 Å². The predicted molar refractivity (Wildman–Crippen MR) is 64.1 cm³/mol. The van der Waals surface area contributed by atoms with Crippen LogP contribution in [-0.2, 0) is 0 Å². The van der Waals surface area contributed by atoms with Crippen molar-refractivity contribution in [3.05, 3.63) is 45.0 Å². The number of thiophene rings is 1. The van der Waals surface area contributed by atoms with E-state index in [0.717, 1.165) is 10.7 Å². The molecule has 3 heterocycles. The number of nitrogens with zero attached hydrogens (tertiary/aromatic N) is 2. The number of aromatic nitrogens is 3. The number of hydrogen-bond acceptors (Lipinski definition) is 3. The van der Waals surface area contributed by atoms with Gasteiger partial charge in [-0.3, -0.25) is 14.3 Å². The Balaban J connectivity index is 2.29. The molecule has 0 saturated carbocycles. The SMILES string of the molecule is O=c1ccn2c(-c3ccc(Cl)s3)n[nH]c2c1. The number of rotatable bonds is 1. The van der Waals surface area contributed by atoms with Crippen molar-refractivity contribution < 1.29 is 0 Å². The lowest BCUT2D eigenvalue weighted by atomic mass is 10.4. The molecule has 3 aromatic heterocycles. The Morgan fingerprint density at radius 2 is 2.25 bits per heavy atom. The lowest BCUT2D eigenvalue weighted by Crippen LogP contribution is -1.98. The van der Waals surface area contributed by atoms with Crippen LogP contribution in [0, 0.1) is 0 Å². The number of aromatic amines is 1. The summed E-state index contributed by atoms with van der Waals surface area (Å²) in [6, 6.07) is 6.73.